The lowest BCUT2D eigenvalue weighted by Crippen LogP contribution is -2.33. The van der Waals surface area contributed by atoms with E-state index in [1.807, 2.05) is 0 Å². The Bertz CT molecular complexity index is 2380. The molecule has 0 saturated heterocycles. The Morgan fingerprint density at radius 1 is 0.281 bits per heavy atom. The van der Waals surface area contributed by atoms with Gasteiger partial charge in [-0.25, -0.2) is 0 Å². The summed E-state index contributed by atoms with van der Waals surface area (Å²) in [6.45, 7) is 27.7. The van der Waals surface area contributed by atoms with Gasteiger partial charge in [0.15, 0.2) is 11.6 Å². The van der Waals surface area contributed by atoms with E-state index in [-0.39, 0.29) is 0 Å². The minimum Gasteiger partial charge on any atom is -0.291 e. The number of fused-ring (bicyclic) bond motifs is 2. The minimum atomic E-state index is 0.367. The van der Waals surface area contributed by atoms with Gasteiger partial charge in [0.05, 0.1) is 22.7 Å². The summed E-state index contributed by atoms with van der Waals surface area (Å²) in [4.78, 5) is 10.2. The van der Waals surface area contributed by atoms with Gasteiger partial charge in [-0.3, -0.25) is 19.6 Å². The minimum absolute atomic E-state index is 0.367. The summed E-state index contributed by atoms with van der Waals surface area (Å²) in [5.74, 6) is 4.85. The first kappa shape index (κ1) is 44.9. The van der Waals surface area contributed by atoms with Gasteiger partial charge in [-0.05, 0) is 167 Å². The van der Waals surface area contributed by atoms with Crippen LogP contribution in [0.1, 0.15) is 178 Å². The van der Waals surface area contributed by atoms with Gasteiger partial charge in [-0.2, -0.15) is 0 Å². The van der Waals surface area contributed by atoms with Gasteiger partial charge >= 0.3 is 0 Å². The van der Waals surface area contributed by atoms with Gasteiger partial charge in [-0.15, -0.1) is 0 Å². The number of rotatable bonds is 14. The standard InChI is InChI=1S/C60H72N4/c1-13-41(9)45-17-27-51(28-18-45)61-55-35-25-49(39(5)6)37-57(55)63(53-31-21-47(22-32-53)43(11)15-3)59(61)60-62(52-29-19-46(20-30-52)42(10)14-2)56-36-26-50(40(7)8)38-58(56)64(60)54-33-23-48(24-34-54)44(12)16-4/h17-44H,13-16H2,1-12H3/b60-59+. The highest BCUT2D eigenvalue weighted by Crippen LogP contribution is 2.58. The molecule has 64 heavy (non-hydrogen) atoms. The van der Waals surface area contributed by atoms with Crippen molar-refractivity contribution in [2.24, 2.45) is 0 Å². The average molecular weight is 849 g/mol. The summed E-state index contributed by atoms with van der Waals surface area (Å²) >= 11 is 0. The predicted octanol–water partition coefficient (Wildman–Crippen LogP) is 18.4. The van der Waals surface area contributed by atoms with Crippen LogP contribution in [0.2, 0.25) is 0 Å². The normalized spacial score (nSPS) is 16.7. The van der Waals surface area contributed by atoms with Crippen molar-refractivity contribution in [1.82, 2.24) is 0 Å². The SMILES string of the molecule is CCC(C)c1ccc(N2/C(=C3/N(c4ccc(C(C)CC)cc4)c4ccc(C(C)C)cc4N3c3ccc(C(C)CC)cc3)N(c3ccc(C(C)CC)cc3)c3cc(C(C)C)ccc32)cc1. The molecule has 332 valence electrons. The molecule has 0 aliphatic carbocycles. The summed E-state index contributed by atoms with van der Waals surface area (Å²) < 4.78 is 0. The maximum atomic E-state index is 2.57. The third-order valence-electron chi connectivity index (χ3n) is 14.7. The number of anilines is 8. The maximum absolute atomic E-state index is 2.57. The molecular formula is C60H72N4. The Hall–Kier alpha value is -5.74. The van der Waals surface area contributed by atoms with Crippen LogP contribution in [0.25, 0.3) is 0 Å². The second-order valence-corrected chi connectivity index (χ2v) is 19.4. The molecule has 2 aliphatic heterocycles. The van der Waals surface area contributed by atoms with Crippen molar-refractivity contribution >= 4 is 45.5 Å². The molecule has 4 nitrogen and oxygen atoms in total. The van der Waals surface area contributed by atoms with Crippen molar-refractivity contribution in [1.29, 1.82) is 0 Å². The molecule has 0 spiro atoms. The molecule has 2 aliphatic rings. The van der Waals surface area contributed by atoms with Crippen molar-refractivity contribution in [2.45, 2.75) is 144 Å². The zero-order valence-corrected chi connectivity index (χ0v) is 40.8. The van der Waals surface area contributed by atoms with E-state index in [0.717, 1.165) is 60.1 Å². The first-order chi connectivity index (χ1) is 30.9. The second kappa shape index (κ2) is 18.8. The van der Waals surface area contributed by atoms with Crippen LogP contribution in [0.5, 0.6) is 0 Å². The Labute approximate surface area is 386 Å². The van der Waals surface area contributed by atoms with Crippen LogP contribution in [-0.2, 0) is 0 Å². The molecule has 4 atom stereocenters. The average Bonchev–Trinajstić information content (AvgIpc) is 3.85. The third kappa shape index (κ3) is 8.26. The van der Waals surface area contributed by atoms with Crippen LogP contribution in [0.3, 0.4) is 0 Å². The number of hydrogen-bond acceptors (Lipinski definition) is 4. The lowest BCUT2D eigenvalue weighted by Gasteiger charge is -2.34. The van der Waals surface area contributed by atoms with Crippen LogP contribution in [0.4, 0.5) is 45.5 Å². The Kier molecular flexibility index (Phi) is 13.2. The second-order valence-electron chi connectivity index (χ2n) is 19.4. The largest absolute Gasteiger partial charge is 0.291 e. The van der Waals surface area contributed by atoms with E-state index in [1.165, 1.54) is 56.1 Å². The zero-order valence-electron chi connectivity index (χ0n) is 40.8. The van der Waals surface area contributed by atoms with Crippen LogP contribution >= 0.6 is 0 Å². The van der Waals surface area contributed by atoms with E-state index in [0.29, 0.717) is 35.5 Å². The molecule has 0 N–H and O–H groups in total. The monoisotopic (exact) mass is 849 g/mol. The quantitative estimate of drug-likeness (QED) is 0.108. The van der Waals surface area contributed by atoms with E-state index in [1.54, 1.807) is 0 Å². The van der Waals surface area contributed by atoms with Crippen molar-refractivity contribution in [3.63, 3.8) is 0 Å². The summed E-state index contributed by atoms with van der Waals surface area (Å²) in [6, 6.07) is 52.0. The van der Waals surface area contributed by atoms with Crippen molar-refractivity contribution in [3.05, 3.63) is 178 Å². The number of benzene rings is 6. The van der Waals surface area contributed by atoms with Gasteiger partial charge in [0.2, 0.25) is 0 Å². The van der Waals surface area contributed by atoms with Crippen LogP contribution in [-0.4, -0.2) is 0 Å². The topological polar surface area (TPSA) is 13.0 Å². The van der Waals surface area contributed by atoms with E-state index < -0.39 is 0 Å². The molecular weight excluding hydrogens is 777 g/mol. The van der Waals surface area contributed by atoms with Gasteiger partial charge in [0.25, 0.3) is 0 Å². The van der Waals surface area contributed by atoms with E-state index >= 15 is 0 Å². The van der Waals surface area contributed by atoms with E-state index in [2.05, 4.69) is 236 Å². The lowest BCUT2D eigenvalue weighted by molar-refractivity contribution is 0.733. The highest BCUT2D eigenvalue weighted by atomic mass is 15.5. The van der Waals surface area contributed by atoms with Crippen LogP contribution in [0, 0.1) is 0 Å². The summed E-state index contributed by atoms with van der Waals surface area (Å²) in [5, 5.41) is 0. The van der Waals surface area contributed by atoms with Crippen molar-refractivity contribution < 1.29 is 0 Å². The van der Waals surface area contributed by atoms with Crippen LogP contribution < -0.4 is 19.6 Å². The number of hydrogen-bond donors (Lipinski definition) is 0. The Morgan fingerprint density at radius 2 is 0.500 bits per heavy atom. The van der Waals surface area contributed by atoms with Gasteiger partial charge in [-0.1, -0.05) is 144 Å². The fraction of sp³-hybridized carbons (Fsp3) is 0.367. The molecule has 0 aromatic heterocycles. The molecule has 6 aromatic rings. The summed E-state index contributed by atoms with van der Waals surface area (Å²) in [6.07, 6.45) is 4.41. The fourth-order valence-electron chi connectivity index (χ4n) is 9.39. The predicted molar refractivity (Wildman–Crippen MR) is 277 cm³/mol. The van der Waals surface area contributed by atoms with Gasteiger partial charge in [0, 0.05) is 22.7 Å². The maximum Gasteiger partial charge on any atom is 0.166 e. The molecule has 8 rings (SSSR count). The summed E-state index contributed by atoms with van der Waals surface area (Å²) in [5.41, 5.74) is 17.4. The Morgan fingerprint density at radius 3 is 0.719 bits per heavy atom. The zero-order chi connectivity index (χ0) is 45.4. The van der Waals surface area contributed by atoms with Gasteiger partial charge < -0.3 is 0 Å². The lowest BCUT2D eigenvalue weighted by atomic mass is 9.98. The van der Waals surface area contributed by atoms with E-state index in [4.69, 9.17) is 0 Å². The molecule has 0 radical (unpaired) electrons. The molecule has 0 bridgehead atoms. The molecule has 4 unspecified atom stereocenters. The van der Waals surface area contributed by atoms with Crippen LogP contribution in [0.15, 0.2) is 145 Å². The first-order valence-electron chi connectivity index (χ1n) is 24.5. The molecule has 0 saturated carbocycles. The Balaban J connectivity index is 1.51. The molecule has 0 amide bonds. The molecule has 6 aromatic carbocycles. The summed E-state index contributed by atoms with van der Waals surface area (Å²) in [7, 11) is 0. The molecule has 0 fully saturated rings. The van der Waals surface area contributed by atoms with E-state index in [9.17, 15) is 0 Å². The highest BCUT2D eigenvalue weighted by molar-refractivity contribution is 6.00. The fourth-order valence-corrected chi connectivity index (χ4v) is 9.39. The molecule has 4 heteroatoms. The smallest absolute Gasteiger partial charge is 0.166 e. The first-order valence-corrected chi connectivity index (χ1v) is 24.5. The molecule has 2 heterocycles. The van der Waals surface area contributed by atoms with Crippen molar-refractivity contribution in [3.8, 4) is 0 Å². The third-order valence-corrected chi connectivity index (χ3v) is 14.7. The number of nitrogens with zero attached hydrogens (tertiary/aromatic N) is 4. The van der Waals surface area contributed by atoms with Gasteiger partial charge in [0.1, 0.15) is 0 Å². The van der Waals surface area contributed by atoms with Crippen molar-refractivity contribution in [2.75, 3.05) is 19.6 Å². The highest BCUT2D eigenvalue weighted by Gasteiger charge is 2.45.